The highest BCUT2D eigenvalue weighted by Gasteiger charge is 2.26. The molecule has 1 saturated heterocycles. The minimum absolute atomic E-state index is 0.0776. The average Bonchev–Trinajstić information content (AvgIpc) is 3.28. The molecule has 0 radical (unpaired) electrons. The molecule has 1 heterocycles. The summed E-state index contributed by atoms with van der Waals surface area (Å²) < 4.78 is 24.5. The van der Waals surface area contributed by atoms with Crippen molar-refractivity contribution in [2.45, 2.75) is 89.3 Å². The lowest BCUT2D eigenvalue weighted by Gasteiger charge is -2.32. The Kier molecular flexibility index (Phi) is 7.89. The summed E-state index contributed by atoms with van der Waals surface area (Å²) in [6.45, 7) is 1.55. The molecule has 1 aromatic carbocycles. The molecule has 1 aromatic rings. The summed E-state index contributed by atoms with van der Waals surface area (Å²) in [5.41, 5.74) is 1.22. The molecule has 3 fully saturated rings. The highest BCUT2D eigenvalue weighted by atomic mass is 35.5. The maximum atomic E-state index is 13.4. The molecule has 0 atom stereocenters. The van der Waals surface area contributed by atoms with Gasteiger partial charge in [-0.2, -0.15) is 0 Å². The van der Waals surface area contributed by atoms with Crippen LogP contribution >= 0.6 is 11.6 Å². The summed E-state index contributed by atoms with van der Waals surface area (Å²) in [4.78, 5) is 0. The molecule has 0 amide bonds. The highest BCUT2D eigenvalue weighted by Crippen LogP contribution is 2.41. The molecule has 0 aromatic heterocycles. The largest absolute Gasteiger partial charge is 0.350 e. The van der Waals surface area contributed by atoms with Crippen molar-refractivity contribution < 1.29 is 13.9 Å². The van der Waals surface area contributed by atoms with Gasteiger partial charge in [0.15, 0.2) is 6.29 Å². The second kappa shape index (κ2) is 10.6. The van der Waals surface area contributed by atoms with E-state index in [0.29, 0.717) is 5.92 Å². The van der Waals surface area contributed by atoms with Crippen LogP contribution in [0.2, 0.25) is 5.02 Å². The van der Waals surface area contributed by atoms with Gasteiger partial charge in [0, 0.05) is 0 Å². The Hall–Kier alpha value is -0.640. The van der Waals surface area contributed by atoms with Gasteiger partial charge in [0.05, 0.1) is 18.2 Å². The first-order valence-corrected chi connectivity index (χ1v) is 12.2. The minimum Gasteiger partial charge on any atom is -0.350 e. The first kappa shape index (κ1) is 21.6. The standard InChI is InChI=1S/C25H36ClFO2/c26-23-17-22(12-13-24(23)27)21-10-7-20(8-11-21)6-3-18-1-4-19(5-2-18)9-14-25-28-15-16-29-25/h12-13,17-21,25H,1-11,14-16H2/t18-,19-,20?,21?. The lowest BCUT2D eigenvalue weighted by Crippen LogP contribution is -2.19. The molecule has 0 bridgehead atoms. The van der Waals surface area contributed by atoms with Gasteiger partial charge < -0.3 is 9.47 Å². The Morgan fingerprint density at radius 3 is 1.83 bits per heavy atom. The van der Waals surface area contributed by atoms with Gasteiger partial charge in [-0.15, -0.1) is 0 Å². The third-order valence-corrected chi connectivity index (χ3v) is 8.00. The summed E-state index contributed by atoms with van der Waals surface area (Å²) in [6, 6.07) is 5.29. The van der Waals surface area contributed by atoms with Crippen LogP contribution in [0.1, 0.15) is 88.5 Å². The van der Waals surface area contributed by atoms with Crippen molar-refractivity contribution in [1.82, 2.24) is 0 Å². The lowest BCUT2D eigenvalue weighted by molar-refractivity contribution is -0.0512. The van der Waals surface area contributed by atoms with Crippen LogP contribution < -0.4 is 0 Å². The van der Waals surface area contributed by atoms with Crippen molar-refractivity contribution in [3.05, 3.63) is 34.6 Å². The molecule has 162 valence electrons. The van der Waals surface area contributed by atoms with Gasteiger partial charge in [-0.1, -0.05) is 56.2 Å². The number of benzene rings is 1. The lowest BCUT2D eigenvalue weighted by atomic mass is 9.74. The van der Waals surface area contributed by atoms with E-state index in [9.17, 15) is 4.39 Å². The zero-order chi connectivity index (χ0) is 20.1. The summed E-state index contributed by atoms with van der Waals surface area (Å²) in [5, 5.41) is 0.267. The predicted octanol–water partition coefficient (Wildman–Crippen LogP) is 7.49. The van der Waals surface area contributed by atoms with Gasteiger partial charge in [0.2, 0.25) is 0 Å². The fourth-order valence-corrected chi connectivity index (χ4v) is 5.97. The Bertz CT molecular complexity index is 630. The molecule has 3 aliphatic rings. The zero-order valence-electron chi connectivity index (χ0n) is 17.6. The summed E-state index contributed by atoms with van der Waals surface area (Å²) in [5.74, 6) is 2.97. The van der Waals surface area contributed by atoms with Crippen molar-refractivity contribution in [3.63, 3.8) is 0 Å². The van der Waals surface area contributed by atoms with E-state index in [1.165, 1.54) is 82.3 Å². The molecule has 2 aliphatic carbocycles. The highest BCUT2D eigenvalue weighted by molar-refractivity contribution is 6.30. The van der Waals surface area contributed by atoms with Gasteiger partial charge in [0.25, 0.3) is 0 Å². The fraction of sp³-hybridized carbons (Fsp3) is 0.760. The van der Waals surface area contributed by atoms with Crippen LogP contribution in [-0.2, 0) is 9.47 Å². The van der Waals surface area contributed by atoms with E-state index in [2.05, 4.69) is 0 Å². The summed E-state index contributed by atoms with van der Waals surface area (Å²) in [6.07, 6.45) is 16.0. The van der Waals surface area contributed by atoms with E-state index in [1.54, 1.807) is 0 Å². The van der Waals surface area contributed by atoms with Crippen molar-refractivity contribution in [2.24, 2.45) is 17.8 Å². The van der Waals surface area contributed by atoms with Gasteiger partial charge >= 0.3 is 0 Å². The predicted molar refractivity (Wildman–Crippen MR) is 116 cm³/mol. The normalized spacial score (nSPS) is 31.2. The van der Waals surface area contributed by atoms with Crippen LogP contribution in [0, 0.1) is 23.6 Å². The second-order valence-electron chi connectivity index (χ2n) is 9.60. The first-order chi connectivity index (χ1) is 14.2. The Morgan fingerprint density at radius 2 is 1.28 bits per heavy atom. The molecule has 0 spiro atoms. The molecular weight excluding hydrogens is 387 g/mol. The van der Waals surface area contributed by atoms with Crippen LogP contribution in [0.3, 0.4) is 0 Å². The molecule has 2 saturated carbocycles. The van der Waals surface area contributed by atoms with E-state index < -0.39 is 0 Å². The monoisotopic (exact) mass is 422 g/mol. The Morgan fingerprint density at radius 1 is 0.759 bits per heavy atom. The second-order valence-corrected chi connectivity index (χ2v) is 10.0. The molecule has 0 N–H and O–H groups in total. The van der Waals surface area contributed by atoms with Gasteiger partial charge in [-0.05, 0) is 79.9 Å². The molecule has 4 rings (SSSR count). The number of hydrogen-bond donors (Lipinski definition) is 0. The van der Waals surface area contributed by atoms with E-state index in [1.807, 2.05) is 12.1 Å². The number of ether oxygens (including phenoxy) is 2. The SMILES string of the molecule is Fc1ccc(C2CCC(CC[C@H]3CC[C@H](CCC4OCCO4)CC3)CC2)cc1Cl. The third kappa shape index (κ3) is 6.18. The van der Waals surface area contributed by atoms with Crippen molar-refractivity contribution >= 4 is 11.6 Å². The van der Waals surface area contributed by atoms with Gasteiger partial charge in [-0.3, -0.25) is 0 Å². The van der Waals surface area contributed by atoms with Crippen LogP contribution in [0.15, 0.2) is 18.2 Å². The maximum Gasteiger partial charge on any atom is 0.157 e. The van der Waals surface area contributed by atoms with E-state index >= 15 is 0 Å². The Labute approximate surface area is 180 Å². The molecule has 0 unspecified atom stereocenters. The average molecular weight is 423 g/mol. The third-order valence-electron chi connectivity index (χ3n) is 7.71. The zero-order valence-corrected chi connectivity index (χ0v) is 18.3. The number of halogens is 2. The van der Waals surface area contributed by atoms with Crippen LogP contribution in [0.4, 0.5) is 4.39 Å². The molecular formula is C25H36ClFO2. The topological polar surface area (TPSA) is 18.5 Å². The molecule has 4 heteroatoms. The summed E-state index contributed by atoms with van der Waals surface area (Å²) in [7, 11) is 0. The van der Waals surface area contributed by atoms with Crippen LogP contribution in [-0.4, -0.2) is 19.5 Å². The van der Waals surface area contributed by atoms with Crippen molar-refractivity contribution in [3.8, 4) is 0 Å². The van der Waals surface area contributed by atoms with Crippen molar-refractivity contribution in [1.29, 1.82) is 0 Å². The quantitative estimate of drug-likeness (QED) is 0.453. The fourth-order valence-electron chi connectivity index (χ4n) is 5.78. The van der Waals surface area contributed by atoms with Crippen LogP contribution in [0.5, 0.6) is 0 Å². The van der Waals surface area contributed by atoms with E-state index in [0.717, 1.165) is 37.4 Å². The summed E-state index contributed by atoms with van der Waals surface area (Å²) >= 11 is 5.97. The maximum absolute atomic E-state index is 13.4. The molecule has 2 nitrogen and oxygen atoms in total. The number of hydrogen-bond acceptors (Lipinski definition) is 2. The van der Waals surface area contributed by atoms with Crippen molar-refractivity contribution in [2.75, 3.05) is 13.2 Å². The molecule has 1 aliphatic heterocycles. The van der Waals surface area contributed by atoms with Gasteiger partial charge in [0.1, 0.15) is 5.82 Å². The Balaban J connectivity index is 1.11. The minimum atomic E-state index is -0.306. The number of rotatable bonds is 7. The first-order valence-electron chi connectivity index (χ1n) is 11.9. The van der Waals surface area contributed by atoms with Gasteiger partial charge in [-0.25, -0.2) is 4.39 Å². The smallest absolute Gasteiger partial charge is 0.157 e. The van der Waals surface area contributed by atoms with E-state index in [-0.39, 0.29) is 17.1 Å². The molecule has 29 heavy (non-hydrogen) atoms. The van der Waals surface area contributed by atoms with Crippen LogP contribution in [0.25, 0.3) is 0 Å². The van der Waals surface area contributed by atoms with E-state index in [4.69, 9.17) is 21.1 Å².